The van der Waals surface area contributed by atoms with E-state index in [2.05, 4.69) is 0 Å². The second kappa shape index (κ2) is 8.64. The van der Waals surface area contributed by atoms with E-state index in [4.69, 9.17) is 14.2 Å². The van der Waals surface area contributed by atoms with E-state index in [0.29, 0.717) is 12.2 Å². The van der Waals surface area contributed by atoms with Crippen molar-refractivity contribution in [2.45, 2.75) is 26.2 Å². The molecule has 0 amide bonds. The second-order valence-corrected chi connectivity index (χ2v) is 4.71. The molecule has 88 valence electrons. The van der Waals surface area contributed by atoms with Gasteiger partial charge in [0.2, 0.25) is 0 Å². The van der Waals surface area contributed by atoms with Gasteiger partial charge in [0, 0.05) is 19.8 Å². The summed E-state index contributed by atoms with van der Waals surface area (Å²) in [5.74, 6) is -0.408. The second-order valence-electron chi connectivity index (χ2n) is 3.16. The Morgan fingerprint density at radius 3 is 2.47 bits per heavy atom. The maximum atomic E-state index is 11.3. The third kappa shape index (κ3) is 6.43. The minimum atomic E-state index is -0.696. The van der Waals surface area contributed by atoms with Gasteiger partial charge in [0.25, 0.3) is 0 Å². The lowest BCUT2D eigenvalue weighted by atomic mass is 10.4. The number of carbonyl (C=O) groups excluding carboxylic acids is 1. The summed E-state index contributed by atoms with van der Waals surface area (Å²) in [6.45, 7) is 4.20. The van der Waals surface area contributed by atoms with Crippen LogP contribution in [0.4, 0.5) is 0 Å². The molecule has 15 heavy (non-hydrogen) atoms. The summed E-state index contributed by atoms with van der Waals surface area (Å²) in [6, 6.07) is 0. The lowest BCUT2D eigenvalue weighted by Gasteiger charge is -2.10. The Balaban J connectivity index is 4.00. The summed E-state index contributed by atoms with van der Waals surface area (Å²) in [6.07, 6.45) is 0.842. The van der Waals surface area contributed by atoms with Gasteiger partial charge in [-0.25, -0.2) is 4.79 Å². The molecule has 5 heteroatoms. The van der Waals surface area contributed by atoms with Gasteiger partial charge in [-0.05, 0) is 13.3 Å². The fourth-order valence-corrected chi connectivity index (χ4v) is 2.05. The van der Waals surface area contributed by atoms with Crippen LogP contribution in [0.1, 0.15) is 20.3 Å². The topological polar surface area (TPSA) is 44.8 Å². The number of methoxy groups -OCH3 is 2. The van der Waals surface area contributed by atoms with E-state index in [1.807, 2.05) is 12.6 Å². The molecular formula is C10H20O4Si. The fraction of sp³-hybridized carbons (Fsp3) is 0.700. The van der Waals surface area contributed by atoms with Crippen LogP contribution in [-0.2, 0) is 19.0 Å². The highest BCUT2D eigenvalue weighted by atomic mass is 28.2. The molecule has 4 nitrogen and oxygen atoms in total. The van der Waals surface area contributed by atoms with Crippen molar-refractivity contribution in [1.82, 2.24) is 0 Å². The molecule has 0 atom stereocenters. The van der Waals surface area contributed by atoms with Crippen molar-refractivity contribution in [2.75, 3.05) is 20.8 Å². The molecule has 0 spiro atoms. The van der Waals surface area contributed by atoms with Gasteiger partial charge >= 0.3 is 5.97 Å². The third-order valence-electron chi connectivity index (χ3n) is 1.90. The monoisotopic (exact) mass is 232 g/mol. The maximum absolute atomic E-state index is 11.3. The Morgan fingerprint density at radius 1 is 1.40 bits per heavy atom. The van der Waals surface area contributed by atoms with Gasteiger partial charge in [-0.1, -0.05) is 12.6 Å². The molecule has 0 aromatic rings. The molecule has 0 bridgehead atoms. The van der Waals surface area contributed by atoms with E-state index < -0.39 is 9.52 Å². The smallest absolute Gasteiger partial charge is 0.332 e. The van der Waals surface area contributed by atoms with Crippen molar-refractivity contribution < 1.29 is 19.0 Å². The van der Waals surface area contributed by atoms with Gasteiger partial charge in [-0.15, -0.1) is 0 Å². The molecule has 0 unspecified atom stereocenters. The number of esters is 1. The first kappa shape index (κ1) is 14.3. The summed E-state index contributed by atoms with van der Waals surface area (Å²) in [5.41, 5.74) is 2.55. The molecule has 0 N–H and O–H groups in total. The van der Waals surface area contributed by atoms with Crippen LogP contribution in [-0.4, -0.2) is 42.2 Å². The average Bonchev–Trinajstić information content (AvgIpc) is 2.26. The largest absolute Gasteiger partial charge is 0.462 e. The Bertz CT molecular complexity index is 211. The third-order valence-corrected chi connectivity index (χ3v) is 3.80. The van der Waals surface area contributed by atoms with Gasteiger partial charge in [-0.2, -0.15) is 0 Å². The molecule has 0 saturated carbocycles. The van der Waals surface area contributed by atoms with Crippen molar-refractivity contribution in [3.05, 3.63) is 11.3 Å². The molecule has 0 saturated heterocycles. The van der Waals surface area contributed by atoms with Crippen LogP contribution >= 0.6 is 0 Å². The number of hydrogen-bond donors (Lipinski definition) is 0. The maximum Gasteiger partial charge on any atom is 0.332 e. The zero-order chi connectivity index (χ0) is 11.7. The average molecular weight is 232 g/mol. The molecular weight excluding hydrogens is 212 g/mol. The molecule has 0 aliphatic carbocycles. The summed E-state index contributed by atoms with van der Waals surface area (Å²) >= 11 is 0. The first-order valence-corrected chi connectivity index (χ1v) is 6.68. The quantitative estimate of drug-likeness (QED) is 0.279. The van der Waals surface area contributed by atoms with Crippen molar-refractivity contribution in [3.8, 4) is 0 Å². The predicted molar refractivity (Wildman–Crippen MR) is 61.4 cm³/mol. The van der Waals surface area contributed by atoms with Crippen molar-refractivity contribution in [3.63, 3.8) is 0 Å². The fourth-order valence-electron chi connectivity index (χ4n) is 0.954. The Morgan fingerprint density at radius 2 is 2.00 bits per heavy atom. The number of hydrogen-bond acceptors (Lipinski definition) is 4. The number of rotatable bonds is 7. The zero-order valence-electron chi connectivity index (χ0n) is 9.91. The van der Waals surface area contributed by atoms with Crippen LogP contribution in [0.25, 0.3) is 0 Å². The zero-order valence-corrected chi connectivity index (χ0v) is 11.3. The van der Waals surface area contributed by atoms with Gasteiger partial charge in [0.1, 0.15) is 15.4 Å². The van der Waals surface area contributed by atoms with Crippen LogP contribution in [0.3, 0.4) is 0 Å². The number of carbonyl (C=O) groups is 1. The van der Waals surface area contributed by atoms with Crippen LogP contribution in [0.15, 0.2) is 11.3 Å². The lowest BCUT2D eigenvalue weighted by molar-refractivity contribution is -0.138. The molecule has 0 heterocycles. The summed E-state index contributed by atoms with van der Waals surface area (Å²) in [7, 11) is 2.50. The molecule has 0 aliphatic rings. The van der Waals surface area contributed by atoms with Crippen molar-refractivity contribution in [1.29, 1.82) is 0 Å². The lowest BCUT2D eigenvalue weighted by Crippen LogP contribution is -2.21. The van der Waals surface area contributed by atoms with Gasteiger partial charge in [-0.3, -0.25) is 0 Å². The highest BCUT2D eigenvalue weighted by molar-refractivity contribution is 6.44. The first-order chi connectivity index (χ1) is 7.15. The SMILES string of the molecule is CCCOC(=O)C(C)=C[SiH2]C(OC)OC. The summed E-state index contributed by atoms with van der Waals surface area (Å²) in [4.78, 5) is 11.3. The highest BCUT2D eigenvalue weighted by Gasteiger charge is 2.08. The van der Waals surface area contributed by atoms with Crippen molar-refractivity contribution in [2.24, 2.45) is 0 Å². The van der Waals surface area contributed by atoms with E-state index in [0.717, 1.165) is 6.42 Å². The first-order valence-electron chi connectivity index (χ1n) is 5.05. The van der Waals surface area contributed by atoms with Crippen molar-refractivity contribution >= 4 is 15.5 Å². The standard InChI is InChI=1S/C10H20O4Si/c1-5-6-14-9(11)8(2)7-15-10(12-3)13-4/h7,10H,5-6,15H2,1-4H3. The molecule has 0 aliphatic heterocycles. The van der Waals surface area contributed by atoms with Crippen LogP contribution in [0.5, 0.6) is 0 Å². The number of ether oxygens (including phenoxy) is 3. The molecule has 0 aromatic carbocycles. The van der Waals surface area contributed by atoms with Crippen LogP contribution < -0.4 is 0 Å². The Kier molecular flexibility index (Phi) is 8.26. The minimum Gasteiger partial charge on any atom is -0.462 e. The van der Waals surface area contributed by atoms with Crippen LogP contribution in [0, 0.1) is 0 Å². The Labute approximate surface area is 93.4 Å². The summed E-state index contributed by atoms with van der Waals surface area (Å²) in [5, 5.41) is 0. The van der Waals surface area contributed by atoms with E-state index >= 15 is 0 Å². The van der Waals surface area contributed by atoms with E-state index in [1.54, 1.807) is 21.1 Å². The highest BCUT2D eigenvalue weighted by Crippen LogP contribution is 1.98. The molecule has 0 fully saturated rings. The van der Waals surface area contributed by atoms with Gasteiger partial charge < -0.3 is 14.2 Å². The predicted octanol–water partition coefficient (Wildman–Crippen LogP) is 0.589. The van der Waals surface area contributed by atoms with Gasteiger partial charge in [0.15, 0.2) is 0 Å². The van der Waals surface area contributed by atoms with Gasteiger partial charge in [0.05, 0.1) is 6.61 Å². The summed E-state index contributed by atoms with van der Waals surface area (Å²) < 4.78 is 15.1. The molecule has 0 rings (SSSR count). The minimum absolute atomic E-state index is 0.168. The molecule has 0 radical (unpaired) electrons. The van der Waals surface area contributed by atoms with E-state index in [9.17, 15) is 4.79 Å². The molecule has 0 aromatic heterocycles. The normalized spacial score (nSPS) is 12.7. The van der Waals surface area contributed by atoms with E-state index in [1.165, 1.54) is 0 Å². The Hall–Kier alpha value is -0.653. The van der Waals surface area contributed by atoms with E-state index in [-0.39, 0.29) is 11.9 Å². The van der Waals surface area contributed by atoms with Crippen LogP contribution in [0.2, 0.25) is 0 Å².